The molecule has 0 aromatic carbocycles. The Morgan fingerprint density at radius 3 is 1.50 bits per heavy atom. The van der Waals surface area contributed by atoms with Crippen LogP contribution in [0.2, 0.25) is 0 Å². The Morgan fingerprint density at radius 1 is 1.17 bits per heavy atom. The second kappa shape index (κ2) is 10.1. The summed E-state index contributed by atoms with van der Waals surface area (Å²) in [6.07, 6.45) is 0. The molecule has 2 heteroatoms. The average Bonchev–Trinajstić information content (AvgIpc) is 1.41. The molecule has 0 aliphatic rings. The Kier molecular flexibility index (Phi) is 18.3. The van der Waals surface area contributed by atoms with E-state index < -0.39 is 0 Å². The van der Waals surface area contributed by atoms with E-state index in [1.165, 1.54) is 11.5 Å². The van der Waals surface area contributed by atoms with Crippen molar-refractivity contribution in [2.45, 2.75) is 13.8 Å². The van der Waals surface area contributed by atoms with Gasteiger partial charge in [0.15, 0.2) is 0 Å². The van der Waals surface area contributed by atoms with Crippen LogP contribution in [0.5, 0.6) is 0 Å². The van der Waals surface area contributed by atoms with Gasteiger partial charge in [-0.15, -0.1) is 0 Å². The van der Waals surface area contributed by atoms with Crippen LogP contribution < -0.4 is 0 Å². The van der Waals surface area contributed by atoms with Crippen molar-refractivity contribution in [2.24, 2.45) is 0 Å². The Balaban J connectivity index is 0. The standard InChI is InChI=1S/C4H10S.K/c1-3-5-4-2;/h3-4H2,1-2H3;. The van der Waals surface area contributed by atoms with Crippen LogP contribution in [0, 0.1) is 0 Å². The normalized spacial score (nSPS) is 7.00. The SMILES string of the molecule is CCSCC.[K]. The van der Waals surface area contributed by atoms with E-state index in [1.54, 1.807) is 0 Å². The molecule has 0 heterocycles. The second-order valence-corrected chi connectivity index (χ2v) is 2.34. The van der Waals surface area contributed by atoms with Crippen LogP contribution >= 0.6 is 11.8 Å². The fraction of sp³-hybridized carbons (Fsp3) is 1.00. The predicted octanol–water partition coefficient (Wildman–Crippen LogP) is 1.38. The molecule has 0 aliphatic carbocycles. The minimum absolute atomic E-state index is 0. The van der Waals surface area contributed by atoms with Crippen LogP contribution in [0.4, 0.5) is 0 Å². The molecule has 0 rings (SSSR count). The topological polar surface area (TPSA) is 0 Å². The van der Waals surface area contributed by atoms with E-state index in [0.717, 1.165) is 0 Å². The van der Waals surface area contributed by atoms with Gasteiger partial charge in [0.25, 0.3) is 0 Å². The van der Waals surface area contributed by atoms with Gasteiger partial charge in [-0.3, -0.25) is 0 Å². The zero-order valence-electron chi connectivity index (χ0n) is 4.82. The van der Waals surface area contributed by atoms with Gasteiger partial charge in [0, 0.05) is 51.4 Å². The minimum atomic E-state index is 0. The van der Waals surface area contributed by atoms with E-state index in [-0.39, 0.29) is 51.4 Å². The molecule has 0 fully saturated rings. The molecule has 0 saturated carbocycles. The Bertz CT molecular complexity index is 15.0. The molecule has 0 nitrogen and oxygen atoms in total. The van der Waals surface area contributed by atoms with Gasteiger partial charge in [-0.1, -0.05) is 13.8 Å². The van der Waals surface area contributed by atoms with E-state index in [0.29, 0.717) is 0 Å². The zero-order valence-corrected chi connectivity index (χ0v) is 8.76. The van der Waals surface area contributed by atoms with Crippen LogP contribution in [-0.2, 0) is 0 Å². The predicted molar refractivity (Wildman–Crippen MR) is 34.4 cm³/mol. The first-order chi connectivity index (χ1) is 2.41. The molecular formula is C4H10KS. The molecule has 0 aromatic heterocycles. The van der Waals surface area contributed by atoms with Gasteiger partial charge in [0.05, 0.1) is 0 Å². The summed E-state index contributed by atoms with van der Waals surface area (Å²) >= 11 is 1.96. The van der Waals surface area contributed by atoms with Gasteiger partial charge in [-0.2, -0.15) is 11.8 Å². The van der Waals surface area contributed by atoms with E-state index in [4.69, 9.17) is 0 Å². The summed E-state index contributed by atoms with van der Waals surface area (Å²) < 4.78 is 0. The summed E-state index contributed by atoms with van der Waals surface area (Å²) in [7, 11) is 0. The van der Waals surface area contributed by atoms with Crippen LogP contribution in [-0.4, -0.2) is 62.9 Å². The number of hydrogen-bond acceptors (Lipinski definition) is 1. The second-order valence-electron chi connectivity index (χ2n) is 0.781. The fourth-order valence-electron chi connectivity index (χ4n) is 0.204. The van der Waals surface area contributed by atoms with E-state index in [9.17, 15) is 0 Å². The van der Waals surface area contributed by atoms with Crippen molar-refractivity contribution in [1.29, 1.82) is 0 Å². The molecule has 0 atom stereocenters. The summed E-state index contributed by atoms with van der Waals surface area (Å²) in [4.78, 5) is 0. The van der Waals surface area contributed by atoms with E-state index in [2.05, 4.69) is 13.8 Å². The monoisotopic (exact) mass is 129 g/mol. The fourth-order valence-corrected chi connectivity index (χ4v) is 0.612. The largest absolute Gasteiger partial charge is 0.163 e. The Morgan fingerprint density at radius 2 is 1.50 bits per heavy atom. The van der Waals surface area contributed by atoms with Gasteiger partial charge in [-0.05, 0) is 11.5 Å². The summed E-state index contributed by atoms with van der Waals surface area (Å²) in [5, 5.41) is 0. The van der Waals surface area contributed by atoms with Crippen molar-refractivity contribution in [3.05, 3.63) is 0 Å². The third-order valence-corrected chi connectivity index (χ3v) is 1.22. The average molecular weight is 129 g/mol. The van der Waals surface area contributed by atoms with Gasteiger partial charge in [-0.25, -0.2) is 0 Å². The Hall–Kier alpha value is 1.99. The zero-order chi connectivity index (χ0) is 4.12. The van der Waals surface area contributed by atoms with Crippen molar-refractivity contribution < 1.29 is 0 Å². The van der Waals surface area contributed by atoms with Gasteiger partial charge >= 0.3 is 0 Å². The summed E-state index contributed by atoms with van der Waals surface area (Å²) in [5.41, 5.74) is 0. The maximum absolute atomic E-state index is 2.17. The molecule has 33 valence electrons. The molecule has 0 amide bonds. The van der Waals surface area contributed by atoms with E-state index in [1.807, 2.05) is 11.8 Å². The third kappa shape index (κ3) is 9.37. The third-order valence-electron chi connectivity index (χ3n) is 0.408. The number of rotatable bonds is 2. The van der Waals surface area contributed by atoms with Crippen molar-refractivity contribution in [3.63, 3.8) is 0 Å². The molecule has 0 aliphatic heterocycles. The van der Waals surface area contributed by atoms with Crippen LogP contribution in [0.15, 0.2) is 0 Å². The smallest absolute Gasteiger partial charge is 0 e. The quantitative estimate of drug-likeness (QED) is 0.508. The van der Waals surface area contributed by atoms with Gasteiger partial charge < -0.3 is 0 Å². The molecule has 0 unspecified atom stereocenters. The molecule has 1 radical (unpaired) electrons. The minimum Gasteiger partial charge on any atom is -0.163 e. The molecule has 6 heavy (non-hydrogen) atoms. The first-order valence-electron chi connectivity index (χ1n) is 1.99. The van der Waals surface area contributed by atoms with Gasteiger partial charge in [0.1, 0.15) is 0 Å². The first kappa shape index (κ1) is 10.9. The summed E-state index contributed by atoms with van der Waals surface area (Å²) in [6.45, 7) is 4.35. The van der Waals surface area contributed by atoms with Crippen molar-refractivity contribution >= 4 is 63.1 Å². The summed E-state index contributed by atoms with van der Waals surface area (Å²) in [5.74, 6) is 2.52. The van der Waals surface area contributed by atoms with Crippen molar-refractivity contribution in [1.82, 2.24) is 0 Å². The van der Waals surface area contributed by atoms with Crippen LogP contribution in [0.3, 0.4) is 0 Å². The molecule has 0 aromatic rings. The molecular weight excluding hydrogens is 119 g/mol. The molecule has 0 saturated heterocycles. The Labute approximate surface area is 86.9 Å². The van der Waals surface area contributed by atoms with E-state index >= 15 is 0 Å². The van der Waals surface area contributed by atoms with Crippen LogP contribution in [0.25, 0.3) is 0 Å². The maximum atomic E-state index is 2.17. The van der Waals surface area contributed by atoms with Crippen molar-refractivity contribution in [3.8, 4) is 0 Å². The number of hydrogen-bond donors (Lipinski definition) is 0. The van der Waals surface area contributed by atoms with Gasteiger partial charge in [0.2, 0.25) is 0 Å². The number of thioether (sulfide) groups is 1. The molecule has 0 spiro atoms. The molecule has 0 N–H and O–H groups in total. The maximum Gasteiger partial charge on any atom is 0 e. The first-order valence-corrected chi connectivity index (χ1v) is 3.15. The summed E-state index contributed by atoms with van der Waals surface area (Å²) in [6, 6.07) is 0. The van der Waals surface area contributed by atoms with Crippen molar-refractivity contribution in [2.75, 3.05) is 11.5 Å². The van der Waals surface area contributed by atoms with Crippen LogP contribution in [0.1, 0.15) is 13.8 Å². The molecule has 0 bridgehead atoms.